The third-order valence-corrected chi connectivity index (χ3v) is 5.43. The number of aliphatic hydroxyl groups excluding tert-OH is 1. The van der Waals surface area contributed by atoms with Gasteiger partial charge in [0.2, 0.25) is 5.55 Å². The van der Waals surface area contributed by atoms with Gasteiger partial charge in [-0.25, -0.2) is 4.99 Å². The number of rotatable bonds is 6. The fraction of sp³-hybridized carbons (Fsp3) is 0.160. The van der Waals surface area contributed by atoms with Gasteiger partial charge in [0.25, 0.3) is 5.91 Å². The summed E-state index contributed by atoms with van der Waals surface area (Å²) in [5.74, 6) is 0.544. The highest BCUT2D eigenvalue weighted by atomic mass is 35.5. The Morgan fingerprint density at radius 3 is 2.59 bits per heavy atom. The number of benzene rings is 2. The first-order valence-electron chi connectivity index (χ1n) is 10.3. The second-order valence-electron chi connectivity index (χ2n) is 7.34. The van der Waals surface area contributed by atoms with Crippen LogP contribution in [0.25, 0.3) is 11.0 Å². The average molecular weight is 480 g/mol. The number of anilines is 1. The average Bonchev–Trinajstić information content (AvgIpc) is 2.85. The molecule has 34 heavy (non-hydrogen) atoms. The van der Waals surface area contributed by atoms with Gasteiger partial charge < -0.3 is 24.3 Å². The van der Waals surface area contributed by atoms with Crippen LogP contribution < -0.4 is 20.3 Å². The minimum Gasteiger partial charge on any atom is -0.497 e. The van der Waals surface area contributed by atoms with Crippen LogP contribution in [0.4, 0.5) is 11.4 Å². The van der Waals surface area contributed by atoms with Crippen LogP contribution in [-0.2, 0) is 6.61 Å². The Hall–Kier alpha value is -3.88. The van der Waals surface area contributed by atoms with E-state index in [0.29, 0.717) is 50.1 Å². The molecule has 0 aliphatic carbocycles. The molecule has 2 aromatic heterocycles. The molecular weight excluding hydrogens is 458 g/mol. The maximum absolute atomic E-state index is 13.4. The zero-order valence-corrected chi connectivity index (χ0v) is 19.5. The Labute approximate surface area is 200 Å². The molecule has 0 radical (unpaired) electrons. The van der Waals surface area contributed by atoms with Gasteiger partial charge in [-0.1, -0.05) is 11.6 Å². The van der Waals surface area contributed by atoms with Crippen molar-refractivity contribution in [2.45, 2.75) is 13.5 Å². The van der Waals surface area contributed by atoms with Crippen LogP contribution in [0.15, 0.2) is 64.1 Å². The number of aryl methyl sites for hydroxylation is 1. The Kier molecular flexibility index (Phi) is 6.81. The van der Waals surface area contributed by atoms with E-state index < -0.39 is 5.91 Å². The SMILES string of the molecule is COc1ccc(NC(=O)c2cc3c(CO)cnc(C)c3oc2=Nc2ccc(Cl)cc2)c(OC)c1. The molecule has 0 saturated heterocycles. The molecule has 0 fully saturated rings. The Bertz CT molecular complexity index is 1430. The number of methoxy groups -OCH3 is 2. The van der Waals surface area contributed by atoms with Crippen LogP contribution in [0.1, 0.15) is 21.6 Å². The Morgan fingerprint density at radius 2 is 1.91 bits per heavy atom. The summed E-state index contributed by atoms with van der Waals surface area (Å²) in [7, 11) is 3.05. The van der Waals surface area contributed by atoms with Crippen molar-refractivity contribution < 1.29 is 23.8 Å². The molecule has 4 rings (SSSR count). The van der Waals surface area contributed by atoms with Gasteiger partial charge in [-0.15, -0.1) is 0 Å². The zero-order chi connectivity index (χ0) is 24.2. The van der Waals surface area contributed by atoms with Crippen molar-refractivity contribution in [2.75, 3.05) is 19.5 Å². The van der Waals surface area contributed by atoms with E-state index >= 15 is 0 Å². The van der Waals surface area contributed by atoms with Gasteiger partial charge in [0.15, 0.2) is 5.58 Å². The normalized spacial score (nSPS) is 11.5. The Balaban J connectivity index is 1.89. The van der Waals surface area contributed by atoms with Gasteiger partial charge in [-0.3, -0.25) is 9.78 Å². The molecule has 2 N–H and O–H groups in total. The summed E-state index contributed by atoms with van der Waals surface area (Å²) >= 11 is 5.99. The van der Waals surface area contributed by atoms with E-state index in [-0.39, 0.29) is 17.7 Å². The van der Waals surface area contributed by atoms with Crippen molar-refractivity contribution in [1.29, 1.82) is 0 Å². The molecule has 9 heteroatoms. The molecule has 1 amide bonds. The first-order chi connectivity index (χ1) is 16.4. The number of fused-ring (bicyclic) bond motifs is 1. The molecule has 0 bridgehead atoms. The molecule has 0 aliphatic heterocycles. The summed E-state index contributed by atoms with van der Waals surface area (Å²) in [5.41, 5.74) is 2.80. The summed E-state index contributed by atoms with van der Waals surface area (Å²) < 4.78 is 16.7. The fourth-order valence-corrected chi connectivity index (χ4v) is 3.51. The fourth-order valence-electron chi connectivity index (χ4n) is 3.38. The number of aromatic nitrogens is 1. The van der Waals surface area contributed by atoms with Gasteiger partial charge in [0, 0.05) is 28.2 Å². The van der Waals surface area contributed by atoms with Crippen LogP contribution in [-0.4, -0.2) is 30.2 Å². The summed E-state index contributed by atoms with van der Waals surface area (Å²) in [6.45, 7) is 1.52. The number of amides is 1. The number of ether oxygens (including phenoxy) is 2. The van der Waals surface area contributed by atoms with Crippen molar-refractivity contribution in [3.05, 3.63) is 82.1 Å². The minimum absolute atomic E-state index is 0.0831. The summed E-state index contributed by atoms with van der Waals surface area (Å²) in [6.07, 6.45) is 1.55. The number of carbonyl (C=O) groups excluding carboxylic acids is 1. The molecule has 0 spiro atoms. The molecular formula is C25H22ClN3O5. The predicted octanol–water partition coefficient (Wildman–Crippen LogP) is 4.78. The van der Waals surface area contributed by atoms with Gasteiger partial charge in [0.05, 0.1) is 37.9 Å². The Morgan fingerprint density at radius 1 is 1.15 bits per heavy atom. The minimum atomic E-state index is -0.472. The highest BCUT2D eigenvalue weighted by molar-refractivity contribution is 6.30. The second kappa shape index (κ2) is 9.94. The first kappa shape index (κ1) is 23.3. The number of halogens is 1. The first-order valence-corrected chi connectivity index (χ1v) is 10.7. The number of carbonyl (C=O) groups is 1. The number of hydrogen-bond donors (Lipinski definition) is 2. The molecule has 4 aromatic rings. The van der Waals surface area contributed by atoms with Crippen LogP contribution in [0, 0.1) is 6.92 Å². The van der Waals surface area contributed by atoms with Crippen molar-refractivity contribution in [1.82, 2.24) is 4.98 Å². The van der Waals surface area contributed by atoms with Crippen molar-refractivity contribution in [2.24, 2.45) is 4.99 Å². The monoisotopic (exact) mass is 479 g/mol. The molecule has 0 aliphatic rings. The van der Waals surface area contributed by atoms with Crippen molar-refractivity contribution >= 4 is 39.9 Å². The maximum atomic E-state index is 13.4. The molecule has 0 saturated carbocycles. The number of hydrogen-bond acceptors (Lipinski definition) is 7. The van der Waals surface area contributed by atoms with Crippen molar-refractivity contribution in [3.8, 4) is 11.5 Å². The molecule has 2 heterocycles. The maximum Gasteiger partial charge on any atom is 0.261 e. The van der Waals surface area contributed by atoms with Crippen LogP contribution >= 0.6 is 11.6 Å². The number of nitrogens with zero attached hydrogens (tertiary/aromatic N) is 2. The summed E-state index contributed by atoms with van der Waals surface area (Å²) in [6, 6.07) is 13.5. The van der Waals surface area contributed by atoms with Crippen LogP contribution in [0.5, 0.6) is 11.5 Å². The van der Waals surface area contributed by atoms with Gasteiger partial charge in [0.1, 0.15) is 17.1 Å². The second-order valence-corrected chi connectivity index (χ2v) is 7.78. The van der Waals surface area contributed by atoms with E-state index in [4.69, 9.17) is 25.5 Å². The molecule has 2 aromatic carbocycles. The van der Waals surface area contributed by atoms with Crippen LogP contribution in [0.2, 0.25) is 5.02 Å². The van der Waals surface area contributed by atoms with Gasteiger partial charge in [-0.05, 0) is 49.4 Å². The summed E-state index contributed by atoms with van der Waals surface area (Å²) in [5, 5.41) is 13.8. The largest absolute Gasteiger partial charge is 0.497 e. The lowest BCUT2D eigenvalue weighted by molar-refractivity contribution is 0.102. The lowest BCUT2D eigenvalue weighted by Gasteiger charge is -2.13. The standard InChI is InChI=1S/C25H22ClN3O5/c1-14-23-19(15(13-30)12-27-14)11-20(25(34-23)28-17-6-4-16(26)5-7-17)24(31)29-21-9-8-18(32-2)10-22(21)33-3/h4-12,30H,13H2,1-3H3,(H,29,31). The lowest BCUT2D eigenvalue weighted by Crippen LogP contribution is -2.22. The third kappa shape index (κ3) is 4.73. The summed E-state index contributed by atoms with van der Waals surface area (Å²) in [4.78, 5) is 22.2. The van der Waals surface area contributed by atoms with E-state index in [1.165, 1.54) is 7.11 Å². The van der Waals surface area contributed by atoms with E-state index in [1.54, 1.807) is 68.8 Å². The zero-order valence-electron chi connectivity index (χ0n) is 18.8. The smallest absolute Gasteiger partial charge is 0.261 e. The van der Waals surface area contributed by atoms with Gasteiger partial charge in [-0.2, -0.15) is 0 Å². The topological polar surface area (TPSA) is 106 Å². The predicted molar refractivity (Wildman–Crippen MR) is 129 cm³/mol. The lowest BCUT2D eigenvalue weighted by atomic mass is 10.1. The molecule has 8 nitrogen and oxygen atoms in total. The van der Waals surface area contributed by atoms with E-state index in [1.807, 2.05) is 0 Å². The molecule has 0 unspecified atom stereocenters. The number of aliphatic hydroxyl groups is 1. The van der Waals surface area contributed by atoms with E-state index in [0.717, 1.165) is 0 Å². The number of nitrogens with one attached hydrogen (secondary N) is 1. The van der Waals surface area contributed by atoms with Crippen LogP contribution in [0.3, 0.4) is 0 Å². The van der Waals surface area contributed by atoms with Crippen molar-refractivity contribution in [3.63, 3.8) is 0 Å². The van der Waals surface area contributed by atoms with E-state index in [2.05, 4.69) is 15.3 Å². The third-order valence-electron chi connectivity index (χ3n) is 5.18. The molecule has 0 atom stereocenters. The quantitative estimate of drug-likeness (QED) is 0.412. The highest BCUT2D eigenvalue weighted by Crippen LogP contribution is 2.30. The molecule has 174 valence electrons. The van der Waals surface area contributed by atoms with Gasteiger partial charge >= 0.3 is 0 Å². The van der Waals surface area contributed by atoms with E-state index in [9.17, 15) is 9.90 Å². The number of pyridine rings is 1. The highest BCUT2D eigenvalue weighted by Gasteiger charge is 2.18.